The standard InChI is InChI=1S/C12H21N3O4S/c1-8(2)10-9(11(16)17)13-14-15(10)6-7-20(18,19)12(3,4)5/h8H,6-7H2,1-5H3,(H,16,17). The molecule has 0 aliphatic rings. The molecule has 20 heavy (non-hydrogen) atoms. The van der Waals surface area contributed by atoms with Crippen molar-refractivity contribution in [3.63, 3.8) is 0 Å². The fraction of sp³-hybridized carbons (Fsp3) is 0.750. The number of aryl methyl sites for hydroxylation is 1. The molecule has 8 heteroatoms. The van der Waals surface area contributed by atoms with E-state index < -0.39 is 20.6 Å². The highest BCUT2D eigenvalue weighted by Crippen LogP contribution is 2.20. The zero-order valence-electron chi connectivity index (χ0n) is 12.4. The van der Waals surface area contributed by atoms with Gasteiger partial charge in [-0.1, -0.05) is 19.1 Å². The molecule has 0 bridgehead atoms. The molecule has 0 unspecified atom stereocenters. The van der Waals surface area contributed by atoms with Gasteiger partial charge in [-0.15, -0.1) is 5.10 Å². The number of sulfone groups is 1. The Bertz CT molecular complexity index is 597. The van der Waals surface area contributed by atoms with Crippen LogP contribution in [0.4, 0.5) is 0 Å². The zero-order chi connectivity index (χ0) is 15.7. The number of carboxylic acids is 1. The Hall–Kier alpha value is -1.44. The SMILES string of the molecule is CC(C)c1c(C(=O)O)nnn1CCS(=O)(=O)C(C)(C)C. The molecule has 0 saturated carbocycles. The molecule has 0 aromatic carbocycles. The van der Waals surface area contributed by atoms with Crippen LogP contribution >= 0.6 is 0 Å². The van der Waals surface area contributed by atoms with Crippen LogP contribution in [0.3, 0.4) is 0 Å². The van der Waals surface area contributed by atoms with Crippen LogP contribution in [0.5, 0.6) is 0 Å². The van der Waals surface area contributed by atoms with E-state index in [9.17, 15) is 13.2 Å². The van der Waals surface area contributed by atoms with Crippen molar-refractivity contribution in [2.75, 3.05) is 5.75 Å². The first-order valence-corrected chi connectivity index (χ1v) is 8.01. The number of carbonyl (C=O) groups is 1. The van der Waals surface area contributed by atoms with Gasteiger partial charge in [-0.3, -0.25) is 0 Å². The average Bonchev–Trinajstić information content (AvgIpc) is 2.68. The van der Waals surface area contributed by atoms with E-state index in [1.165, 1.54) is 4.68 Å². The smallest absolute Gasteiger partial charge is 0.358 e. The molecular formula is C12H21N3O4S. The Morgan fingerprint density at radius 3 is 2.30 bits per heavy atom. The van der Waals surface area contributed by atoms with Crippen LogP contribution in [-0.4, -0.2) is 45.0 Å². The molecule has 0 aliphatic heterocycles. The number of aromatic nitrogens is 3. The van der Waals surface area contributed by atoms with Crippen LogP contribution in [0, 0.1) is 0 Å². The lowest BCUT2D eigenvalue weighted by Crippen LogP contribution is -2.32. The van der Waals surface area contributed by atoms with Gasteiger partial charge in [0.1, 0.15) is 0 Å². The topological polar surface area (TPSA) is 102 Å². The van der Waals surface area contributed by atoms with E-state index in [-0.39, 0.29) is 23.9 Å². The van der Waals surface area contributed by atoms with Gasteiger partial charge in [0.05, 0.1) is 22.7 Å². The molecule has 0 radical (unpaired) electrons. The van der Waals surface area contributed by atoms with Gasteiger partial charge in [0, 0.05) is 0 Å². The van der Waals surface area contributed by atoms with Crippen LogP contribution in [-0.2, 0) is 16.4 Å². The van der Waals surface area contributed by atoms with Crippen molar-refractivity contribution in [2.24, 2.45) is 0 Å². The predicted octanol–water partition coefficient (Wildman–Crippen LogP) is 1.31. The van der Waals surface area contributed by atoms with Crippen molar-refractivity contribution in [1.82, 2.24) is 15.0 Å². The first-order valence-electron chi connectivity index (χ1n) is 6.36. The van der Waals surface area contributed by atoms with Crippen LogP contribution in [0.15, 0.2) is 0 Å². The van der Waals surface area contributed by atoms with Crippen molar-refractivity contribution in [3.8, 4) is 0 Å². The Labute approximate surface area is 118 Å². The van der Waals surface area contributed by atoms with Crippen molar-refractivity contribution < 1.29 is 18.3 Å². The van der Waals surface area contributed by atoms with Gasteiger partial charge < -0.3 is 5.11 Å². The van der Waals surface area contributed by atoms with Crippen molar-refractivity contribution in [2.45, 2.75) is 51.8 Å². The maximum atomic E-state index is 12.1. The summed E-state index contributed by atoms with van der Waals surface area (Å²) in [6, 6.07) is 0. The average molecular weight is 303 g/mol. The molecule has 0 saturated heterocycles. The summed E-state index contributed by atoms with van der Waals surface area (Å²) in [6.07, 6.45) is 0. The van der Waals surface area contributed by atoms with Gasteiger partial charge in [0.15, 0.2) is 15.5 Å². The Morgan fingerprint density at radius 2 is 1.90 bits per heavy atom. The fourth-order valence-electron chi connectivity index (χ4n) is 1.72. The Morgan fingerprint density at radius 1 is 1.35 bits per heavy atom. The summed E-state index contributed by atoms with van der Waals surface area (Å²) in [6.45, 7) is 8.65. The third kappa shape index (κ3) is 3.36. The molecule has 114 valence electrons. The number of aromatic carboxylic acids is 1. The Balaban J connectivity index is 3.04. The van der Waals surface area contributed by atoms with Crippen molar-refractivity contribution in [1.29, 1.82) is 0 Å². The number of hydrogen-bond donors (Lipinski definition) is 1. The lowest BCUT2D eigenvalue weighted by molar-refractivity contribution is 0.0688. The van der Waals surface area contributed by atoms with E-state index in [0.717, 1.165) is 0 Å². The van der Waals surface area contributed by atoms with E-state index in [0.29, 0.717) is 5.69 Å². The summed E-state index contributed by atoms with van der Waals surface area (Å²) in [4.78, 5) is 11.1. The highest BCUT2D eigenvalue weighted by molar-refractivity contribution is 7.92. The minimum atomic E-state index is -3.29. The van der Waals surface area contributed by atoms with Gasteiger partial charge >= 0.3 is 5.97 Å². The van der Waals surface area contributed by atoms with Crippen LogP contribution in [0.1, 0.15) is 56.7 Å². The lowest BCUT2D eigenvalue weighted by atomic mass is 10.1. The monoisotopic (exact) mass is 303 g/mol. The number of nitrogens with zero attached hydrogens (tertiary/aromatic N) is 3. The highest BCUT2D eigenvalue weighted by Gasteiger charge is 2.29. The fourth-order valence-corrected chi connectivity index (χ4v) is 2.75. The summed E-state index contributed by atoms with van der Waals surface area (Å²) < 4.78 is 24.7. The number of hydrogen-bond acceptors (Lipinski definition) is 5. The van der Waals surface area contributed by atoms with E-state index in [4.69, 9.17) is 5.11 Å². The van der Waals surface area contributed by atoms with Crippen LogP contribution in [0.25, 0.3) is 0 Å². The van der Waals surface area contributed by atoms with Gasteiger partial charge in [0.2, 0.25) is 0 Å². The predicted molar refractivity (Wildman–Crippen MR) is 74.6 cm³/mol. The maximum absolute atomic E-state index is 12.1. The normalized spacial score (nSPS) is 12.9. The first-order chi connectivity index (χ1) is 8.97. The highest BCUT2D eigenvalue weighted by atomic mass is 32.2. The maximum Gasteiger partial charge on any atom is 0.358 e. The molecule has 0 spiro atoms. The summed E-state index contributed by atoms with van der Waals surface area (Å²) in [5.74, 6) is -1.36. The third-order valence-electron chi connectivity index (χ3n) is 3.03. The minimum absolute atomic E-state index is 0.0986. The molecule has 0 fully saturated rings. The minimum Gasteiger partial charge on any atom is -0.476 e. The van der Waals surface area contributed by atoms with Crippen molar-refractivity contribution >= 4 is 15.8 Å². The zero-order valence-corrected chi connectivity index (χ0v) is 13.2. The number of carboxylic acid groups (broad SMARTS) is 1. The van der Waals surface area contributed by atoms with Gasteiger partial charge in [-0.05, 0) is 26.7 Å². The molecule has 1 rings (SSSR count). The van der Waals surface area contributed by atoms with E-state index in [1.807, 2.05) is 13.8 Å². The summed E-state index contributed by atoms with van der Waals surface area (Å²) >= 11 is 0. The number of rotatable bonds is 5. The third-order valence-corrected chi connectivity index (χ3v) is 5.61. The van der Waals surface area contributed by atoms with Crippen LogP contribution < -0.4 is 0 Å². The van der Waals surface area contributed by atoms with E-state index >= 15 is 0 Å². The summed E-state index contributed by atoms with van der Waals surface area (Å²) in [5.41, 5.74) is 0.328. The first kappa shape index (κ1) is 16.6. The lowest BCUT2D eigenvalue weighted by Gasteiger charge is -2.19. The molecule has 7 nitrogen and oxygen atoms in total. The van der Waals surface area contributed by atoms with E-state index in [1.54, 1.807) is 20.8 Å². The summed E-state index contributed by atoms with van der Waals surface area (Å²) in [7, 11) is -3.29. The molecular weight excluding hydrogens is 282 g/mol. The molecule has 0 amide bonds. The molecule has 0 atom stereocenters. The molecule has 1 aromatic rings. The van der Waals surface area contributed by atoms with Crippen molar-refractivity contribution in [3.05, 3.63) is 11.4 Å². The quantitative estimate of drug-likeness (QED) is 0.880. The van der Waals surface area contributed by atoms with Gasteiger partial charge in [0.25, 0.3) is 0 Å². The second-order valence-electron chi connectivity index (χ2n) is 5.94. The molecule has 0 aliphatic carbocycles. The molecule has 1 N–H and O–H groups in total. The van der Waals surface area contributed by atoms with Gasteiger partial charge in [-0.25, -0.2) is 17.9 Å². The summed E-state index contributed by atoms with van der Waals surface area (Å²) in [5, 5.41) is 16.4. The molecule has 1 aromatic heterocycles. The molecule has 1 heterocycles. The van der Waals surface area contributed by atoms with Crippen LogP contribution in [0.2, 0.25) is 0 Å². The Kier molecular flexibility index (Phi) is 4.58. The van der Waals surface area contributed by atoms with E-state index in [2.05, 4.69) is 10.3 Å². The van der Waals surface area contributed by atoms with Gasteiger partial charge in [-0.2, -0.15) is 0 Å². The second kappa shape index (κ2) is 5.51. The second-order valence-corrected chi connectivity index (χ2v) is 8.80. The largest absolute Gasteiger partial charge is 0.476 e.